The van der Waals surface area contributed by atoms with Gasteiger partial charge in [0.25, 0.3) is 6.43 Å². The molecule has 1 heterocycles. The number of aryl methyl sites for hydroxylation is 1. The molecule has 0 aliphatic rings. The summed E-state index contributed by atoms with van der Waals surface area (Å²) < 4.78 is 25.2. The Labute approximate surface area is 87.7 Å². The lowest BCUT2D eigenvalue weighted by molar-refractivity contribution is 0.149. The van der Waals surface area contributed by atoms with Crippen molar-refractivity contribution in [3.05, 3.63) is 26.6 Å². The number of alkyl halides is 2. The highest BCUT2D eigenvalue weighted by Gasteiger charge is 2.17. The quantitative estimate of drug-likeness (QED) is 0.747. The van der Waals surface area contributed by atoms with Crippen molar-refractivity contribution in [2.75, 3.05) is 0 Å². The summed E-state index contributed by atoms with van der Waals surface area (Å²) >= 11 is 1.72. The fraction of sp³-hybridized carbons (Fsp3) is 0.250. The van der Waals surface area contributed by atoms with E-state index >= 15 is 0 Å². The largest absolute Gasteiger partial charge is 0.265 e. The van der Waals surface area contributed by atoms with Gasteiger partial charge in [-0.15, -0.1) is 0 Å². The molecule has 0 spiro atoms. The van der Waals surface area contributed by atoms with E-state index in [0.717, 1.165) is 0 Å². The van der Waals surface area contributed by atoms with E-state index in [0.29, 0.717) is 5.56 Å². The molecule has 0 radical (unpaired) electrons. The monoisotopic (exact) mass is 294 g/mol. The Hall–Kier alpha value is -0.770. The first-order chi connectivity index (χ1) is 6.07. The molecule has 0 atom stereocenters. The first kappa shape index (κ1) is 10.3. The smallest absolute Gasteiger partial charge is 0.244 e. The van der Waals surface area contributed by atoms with Gasteiger partial charge in [-0.05, 0) is 35.1 Å². The lowest BCUT2D eigenvalue weighted by Gasteiger charge is -2.07. The third-order valence-corrected chi connectivity index (χ3v) is 2.67. The van der Waals surface area contributed by atoms with E-state index < -0.39 is 6.43 Å². The van der Waals surface area contributed by atoms with Crippen LogP contribution in [0.1, 0.15) is 23.2 Å². The van der Waals surface area contributed by atoms with E-state index in [9.17, 15) is 8.78 Å². The molecule has 0 saturated heterocycles. The zero-order valence-electron chi connectivity index (χ0n) is 6.68. The van der Waals surface area contributed by atoms with Gasteiger partial charge in [0.2, 0.25) is 0 Å². The summed E-state index contributed by atoms with van der Waals surface area (Å²) in [6.45, 7) is 1.55. The molecule has 13 heavy (non-hydrogen) atoms. The SMILES string of the molecule is Cc1cnc(C#N)c(I)c1C(F)F. The standard InChI is InChI=1S/C8H5F2IN2/c1-4-3-13-5(2-12)7(11)6(4)8(9)10/h3,8H,1H3. The second kappa shape index (κ2) is 3.96. The molecule has 0 bridgehead atoms. The molecule has 0 amide bonds. The summed E-state index contributed by atoms with van der Waals surface area (Å²) in [5.41, 5.74) is 0.382. The average molecular weight is 294 g/mol. The Bertz CT molecular complexity index is 371. The molecule has 0 unspecified atom stereocenters. The van der Waals surface area contributed by atoms with Gasteiger partial charge in [-0.25, -0.2) is 13.8 Å². The Balaban J connectivity index is 3.41. The molecule has 2 nitrogen and oxygen atoms in total. The van der Waals surface area contributed by atoms with E-state index in [1.165, 1.54) is 6.20 Å². The molecular weight excluding hydrogens is 289 g/mol. The fourth-order valence-electron chi connectivity index (χ4n) is 0.934. The van der Waals surface area contributed by atoms with Crippen LogP contribution in [-0.4, -0.2) is 4.98 Å². The van der Waals surface area contributed by atoms with Crippen LogP contribution in [0.2, 0.25) is 0 Å². The van der Waals surface area contributed by atoms with Crippen LogP contribution in [0.3, 0.4) is 0 Å². The van der Waals surface area contributed by atoms with Crippen LogP contribution in [0.25, 0.3) is 0 Å². The van der Waals surface area contributed by atoms with Gasteiger partial charge in [0.05, 0.1) is 3.57 Å². The molecule has 0 aliphatic heterocycles. The number of pyridine rings is 1. The third kappa shape index (κ3) is 1.94. The van der Waals surface area contributed by atoms with Gasteiger partial charge >= 0.3 is 0 Å². The number of hydrogen-bond acceptors (Lipinski definition) is 2. The summed E-state index contributed by atoms with van der Waals surface area (Å²) in [5, 5.41) is 8.55. The highest BCUT2D eigenvalue weighted by Crippen LogP contribution is 2.28. The summed E-state index contributed by atoms with van der Waals surface area (Å²) in [5.74, 6) is 0. The number of aromatic nitrogens is 1. The summed E-state index contributed by atoms with van der Waals surface area (Å²) in [4.78, 5) is 3.74. The van der Waals surface area contributed by atoms with Crippen molar-refractivity contribution in [1.82, 2.24) is 4.98 Å². The van der Waals surface area contributed by atoms with Crippen LogP contribution in [0.4, 0.5) is 8.78 Å². The van der Waals surface area contributed by atoms with Gasteiger partial charge in [-0.3, -0.25) is 0 Å². The maximum atomic E-state index is 12.5. The Morgan fingerprint density at radius 1 is 1.62 bits per heavy atom. The number of nitriles is 1. The predicted molar refractivity (Wildman–Crippen MR) is 51.4 cm³/mol. The van der Waals surface area contributed by atoms with Gasteiger partial charge in [-0.1, -0.05) is 0 Å². The first-order valence-corrected chi connectivity index (χ1v) is 4.49. The molecule has 0 aliphatic carbocycles. The summed E-state index contributed by atoms with van der Waals surface area (Å²) in [6.07, 6.45) is -1.26. The molecule has 5 heteroatoms. The van der Waals surface area contributed by atoms with Crippen molar-refractivity contribution < 1.29 is 8.78 Å². The number of nitrogens with zero attached hydrogens (tertiary/aromatic N) is 2. The van der Waals surface area contributed by atoms with Gasteiger partial charge in [0.1, 0.15) is 6.07 Å². The molecular formula is C8H5F2IN2. The van der Waals surface area contributed by atoms with Crippen molar-refractivity contribution in [2.45, 2.75) is 13.3 Å². The van der Waals surface area contributed by atoms with E-state index in [1.807, 2.05) is 0 Å². The Morgan fingerprint density at radius 3 is 2.69 bits per heavy atom. The minimum atomic E-state index is -2.55. The van der Waals surface area contributed by atoms with Crippen LogP contribution in [0.15, 0.2) is 6.20 Å². The molecule has 0 saturated carbocycles. The topological polar surface area (TPSA) is 36.7 Å². The second-order valence-electron chi connectivity index (χ2n) is 2.43. The predicted octanol–water partition coefficient (Wildman–Crippen LogP) is 2.80. The van der Waals surface area contributed by atoms with Crippen LogP contribution in [-0.2, 0) is 0 Å². The fourth-order valence-corrected chi connectivity index (χ4v) is 1.85. The zero-order chi connectivity index (χ0) is 10.0. The molecule has 1 aromatic heterocycles. The van der Waals surface area contributed by atoms with Gasteiger partial charge in [-0.2, -0.15) is 5.26 Å². The van der Waals surface area contributed by atoms with Crippen molar-refractivity contribution in [2.24, 2.45) is 0 Å². The Kier molecular flexibility index (Phi) is 3.14. The van der Waals surface area contributed by atoms with E-state index in [1.54, 1.807) is 35.6 Å². The van der Waals surface area contributed by atoms with E-state index in [2.05, 4.69) is 4.98 Å². The van der Waals surface area contributed by atoms with Crippen molar-refractivity contribution >= 4 is 22.6 Å². The highest BCUT2D eigenvalue weighted by molar-refractivity contribution is 14.1. The summed E-state index contributed by atoms with van der Waals surface area (Å²) in [7, 11) is 0. The minimum absolute atomic E-state index is 0.0569. The lowest BCUT2D eigenvalue weighted by Crippen LogP contribution is -1.99. The Morgan fingerprint density at radius 2 is 2.23 bits per heavy atom. The van der Waals surface area contributed by atoms with Crippen LogP contribution >= 0.6 is 22.6 Å². The zero-order valence-corrected chi connectivity index (χ0v) is 8.84. The highest BCUT2D eigenvalue weighted by atomic mass is 127. The van der Waals surface area contributed by atoms with E-state index in [-0.39, 0.29) is 14.8 Å². The lowest BCUT2D eigenvalue weighted by atomic mass is 10.1. The normalized spacial score (nSPS) is 10.2. The molecule has 0 fully saturated rings. The van der Waals surface area contributed by atoms with Gasteiger partial charge in [0.15, 0.2) is 5.69 Å². The third-order valence-electron chi connectivity index (χ3n) is 1.58. The van der Waals surface area contributed by atoms with Crippen molar-refractivity contribution in [3.8, 4) is 6.07 Å². The molecule has 1 aromatic rings. The maximum Gasteiger partial charge on any atom is 0.265 e. The van der Waals surface area contributed by atoms with Crippen LogP contribution in [0.5, 0.6) is 0 Å². The number of rotatable bonds is 1. The number of halogens is 3. The van der Waals surface area contributed by atoms with Gasteiger partial charge in [0, 0.05) is 11.8 Å². The maximum absolute atomic E-state index is 12.5. The average Bonchev–Trinajstić information content (AvgIpc) is 2.04. The number of hydrogen-bond donors (Lipinski definition) is 0. The molecule has 0 N–H and O–H groups in total. The second-order valence-corrected chi connectivity index (χ2v) is 3.51. The molecule has 68 valence electrons. The van der Waals surface area contributed by atoms with Crippen LogP contribution < -0.4 is 0 Å². The molecule has 1 rings (SSSR count). The van der Waals surface area contributed by atoms with E-state index in [4.69, 9.17) is 5.26 Å². The van der Waals surface area contributed by atoms with Crippen LogP contribution in [0, 0.1) is 21.8 Å². The summed E-state index contributed by atoms with van der Waals surface area (Å²) in [6, 6.07) is 1.77. The minimum Gasteiger partial charge on any atom is -0.244 e. The first-order valence-electron chi connectivity index (χ1n) is 3.41. The molecule has 0 aromatic carbocycles. The van der Waals surface area contributed by atoms with Crippen molar-refractivity contribution in [3.63, 3.8) is 0 Å². The van der Waals surface area contributed by atoms with Crippen molar-refractivity contribution in [1.29, 1.82) is 5.26 Å². The van der Waals surface area contributed by atoms with Gasteiger partial charge < -0.3 is 0 Å².